The minimum absolute atomic E-state index is 0.972. The van der Waals surface area contributed by atoms with E-state index in [0.717, 1.165) is 18.8 Å². The number of fused-ring (bicyclic) bond motifs is 1. The molecular weight excluding hydrogens is 176 g/mol. The fraction of sp³-hybridized carbons (Fsp3) is 0.833. The van der Waals surface area contributed by atoms with E-state index < -0.39 is 5.97 Å². The molecular formula is C12H20O2. The molecule has 0 saturated heterocycles. The maximum Gasteiger partial charge on any atom is 0.101 e. The molecule has 0 aromatic rings. The number of carboxylic acids is 1. The normalized spacial score (nSPS) is 30.4. The van der Waals surface area contributed by atoms with Gasteiger partial charge in [0.1, 0.15) is 5.92 Å². The lowest BCUT2D eigenvalue weighted by Crippen LogP contribution is -2.23. The molecule has 2 saturated carbocycles. The number of aliphatic carboxylic acids is 1. The zero-order valence-electron chi connectivity index (χ0n) is 9.00. The Morgan fingerprint density at radius 2 is 1.79 bits per heavy atom. The lowest BCUT2D eigenvalue weighted by molar-refractivity contribution is -0.302. The van der Waals surface area contributed by atoms with Crippen molar-refractivity contribution in [1.82, 2.24) is 0 Å². The van der Waals surface area contributed by atoms with Crippen LogP contribution in [0.2, 0.25) is 0 Å². The van der Waals surface area contributed by atoms with Crippen molar-refractivity contribution >= 4 is 5.97 Å². The lowest BCUT2D eigenvalue weighted by atomic mass is 9.71. The molecule has 0 aromatic carbocycles. The van der Waals surface area contributed by atoms with Gasteiger partial charge in [0.2, 0.25) is 0 Å². The summed E-state index contributed by atoms with van der Waals surface area (Å²) in [7, 11) is 0. The summed E-state index contributed by atoms with van der Waals surface area (Å²) in [5.74, 6) is 1.05. The fourth-order valence-electron chi connectivity index (χ4n) is 2.62. The Bertz CT molecular complexity index is 147. The Kier molecular flexibility index (Phi) is 4.85. The quantitative estimate of drug-likeness (QED) is 0.555. The van der Waals surface area contributed by atoms with Gasteiger partial charge in [0, 0.05) is 11.9 Å². The molecule has 2 aliphatic rings. The Morgan fingerprint density at radius 1 is 1.21 bits per heavy atom. The first kappa shape index (κ1) is 11.4. The van der Waals surface area contributed by atoms with Crippen molar-refractivity contribution in [3.8, 4) is 0 Å². The summed E-state index contributed by atoms with van der Waals surface area (Å²) in [5, 5.41) is 8.89. The molecule has 0 bridgehead atoms. The molecule has 0 amide bonds. The molecule has 2 fully saturated rings. The van der Waals surface area contributed by atoms with E-state index in [1.54, 1.807) is 0 Å². The van der Waals surface area contributed by atoms with E-state index in [1.165, 1.54) is 44.9 Å². The first-order chi connectivity index (χ1) is 6.70. The van der Waals surface area contributed by atoms with Gasteiger partial charge in [-0.05, 0) is 39.0 Å². The van der Waals surface area contributed by atoms with Crippen LogP contribution in [-0.4, -0.2) is 5.97 Å². The third-order valence-electron chi connectivity index (χ3n) is 3.22. The average molecular weight is 196 g/mol. The van der Waals surface area contributed by atoms with Crippen LogP contribution < -0.4 is 5.11 Å². The van der Waals surface area contributed by atoms with Crippen LogP contribution in [0.25, 0.3) is 0 Å². The van der Waals surface area contributed by atoms with Crippen LogP contribution >= 0.6 is 0 Å². The maximum atomic E-state index is 8.89. The highest BCUT2D eigenvalue weighted by Crippen LogP contribution is 2.39. The molecule has 0 aromatic heterocycles. The van der Waals surface area contributed by atoms with Crippen LogP contribution in [0.3, 0.4) is 0 Å². The number of carbonyl (C=O) groups is 1. The van der Waals surface area contributed by atoms with Crippen LogP contribution in [0.15, 0.2) is 0 Å². The third-order valence-corrected chi connectivity index (χ3v) is 3.22. The second kappa shape index (κ2) is 5.94. The minimum atomic E-state index is -1.08. The second-order valence-electron chi connectivity index (χ2n) is 4.37. The van der Waals surface area contributed by atoms with Gasteiger partial charge < -0.3 is 9.90 Å². The van der Waals surface area contributed by atoms with E-state index in [2.05, 4.69) is 6.42 Å². The van der Waals surface area contributed by atoms with Crippen LogP contribution in [0, 0.1) is 18.3 Å². The summed E-state index contributed by atoms with van der Waals surface area (Å²) in [5.41, 5.74) is 0. The number of carboxylic acid groups (broad SMARTS) is 1. The highest BCUT2D eigenvalue weighted by atomic mass is 16.4. The minimum Gasteiger partial charge on any atom is -0.550 e. The van der Waals surface area contributed by atoms with Gasteiger partial charge in [-0.15, -0.1) is 0 Å². The van der Waals surface area contributed by atoms with Crippen molar-refractivity contribution in [1.29, 1.82) is 0 Å². The first-order valence-electron chi connectivity index (χ1n) is 5.71. The number of hydrogen-bond donors (Lipinski definition) is 0. The summed E-state index contributed by atoms with van der Waals surface area (Å²) in [6.07, 6.45) is 13.0. The van der Waals surface area contributed by atoms with Crippen molar-refractivity contribution in [2.45, 2.75) is 51.9 Å². The van der Waals surface area contributed by atoms with Gasteiger partial charge in [-0.2, -0.15) is 0 Å². The van der Waals surface area contributed by atoms with E-state index in [4.69, 9.17) is 9.90 Å². The molecule has 0 heterocycles. The highest BCUT2D eigenvalue weighted by Gasteiger charge is 2.33. The van der Waals surface area contributed by atoms with Gasteiger partial charge in [0.05, 0.1) is 12.8 Å². The molecule has 14 heavy (non-hydrogen) atoms. The predicted octanol–water partition coefficient (Wildman–Crippen LogP) is 1.94. The van der Waals surface area contributed by atoms with Gasteiger partial charge in [-0.1, -0.05) is 6.42 Å². The second-order valence-corrected chi connectivity index (χ2v) is 4.37. The number of carbonyl (C=O) groups excluding carboxylic acids is 1. The number of rotatable bonds is 0. The van der Waals surface area contributed by atoms with Crippen molar-refractivity contribution in [2.75, 3.05) is 0 Å². The van der Waals surface area contributed by atoms with Crippen molar-refractivity contribution < 1.29 is 9.90 Å². The molecule has 2 nitrogen and oxygen atoms in total. The topological polar surface area (TPSA) is 40.1 Å². The van der Waals surface area contributed by atoms with Crippen LogP contribution in [-0.2, 0) is 4.79 Å². The first-order valence-corrected chi connectivity index (χ1v) is 5.71. The van der Waals surface area contributed by atoms with Crippen molar-refractivity contribution in [3.63, 3.8) is 0 Å². The molecule has 0 radical (unpaired) electrons. The average Bonchev–Trinajstić information content (AvgIpc) is 2.17. The Labute approximate surface area is 86.7 Å². The van der Waals surface area contributed by atoms with Crippen LogP contribution in [0.4, 0.5) is 0 Å². The maximum absolute atomic E-state index is 8.89. The summed E-state index contributed by atoms with van der Waals surface area (Å²) in [4.78, 5) is 8.89. The van der Waals surface area contributed by atoms with Crippen molar-refractivity contribution in [2.24, 2.45) is 11.8 Å². The van der Waals surface area contributed by atoms with E-state index in [1.807, 2.05) is 0 Å². The number of hydrogen-bond acceptors (Lipinski definition) is 2. The van der Waals surface area contributed by atoms with Crippen LogP contribution in [0.1, 0.15) is 51.9 Å². The Hall–Kier alpha value is -0.660. The summed E-state index contributed by atoms with van der Waals surface area (Å²) < 4.78 is 0. The van der Waals surface area contributed by atoms with Gasteiger partial charge in [-0.25, -0.2) is 0 Å². The summed E-state index contributed by atoms with van der Waals surface area (Å²) in [6, 6.07) is 0. The predicted molar refractivity (Wildman–Crippen MR) is 54.3 cm³/mol. The summed E-state index contributed by atoms with van der Waals surface area (Å²) >= 11 is 0. The van der Waals surface area contributed by atoms with E-state index in [9.17, 15) is 0 Å². The standard InChI is InChI=1S/C10H17.C2H4O2/c1-2-6-10-8-4-3-7-9(10)5-1;1-2(3)4/h5,9-10H,1-4,6-8H2;1H3,(H,3,4)/q+1;/p-1. The molecule has 2 aliphatic carbocycles. The van der Waals surface area contributed by atoms with Gasteiger partial charge in [0.15, 0.2) is 0 Å². The van der Waals surface area contributed by atoms with E-state index in [0.29, 0.717) is 0 Å². The molecule has 80 valence electrons. The Balaban J connectivity index is 0.000000213. The SMILES string of the molecule is CC(=O)[O-].[CH+]1CCCC2CCCCC12. The van der Waals surface area contributed by atoms with Gasteiger partial charge >= 0.3 is 0 Å². The lowest BCUT2D eigenvalue weighted by Gasteiger charge is -2.29. The zero-order chi connectivity index (χ0) is 10.4. The fourth-order valence-corrected chi connectivity index (χ4v) is 2.62. The molecule has 0 N–H and O–H groups in total. The van der Waals surface area contributed by atoms with Crippen LogP contribution in [0.5, 0.6) is 0 Å². The molecule has 2 unspecified atom stereocenters. The third kappa shape index (κ3) is 4.03. The largest absolute Gasteiger partial charge is 0.550 e. The molecule has 0 aliphatic heterocycles. The Morgan fingerprint density at radius 3 is 2.43 bits per heavy atom. The smallest absolute Gasteiger partial charge is 0.101 e. The monoisotopic (exact) mass is 196 g/mol. The molecule has 0 spiro atoms. The van der Waals surface area contributed by atoms with Gasteiger partial charge in [-0.3, -0.25) is 0 Å². The molecule has 2 atom stereocenters. The zero-order valence-corrected chi connectivity index (χ0v) is 9.00. The summed E-state index contributed by atoms with van der Waals surface area (Å²) in [6.45, 7) is 0.972. The molecule has 2 heteroatoms. The molecule has 2 rings (SSSR count). The van der Waals surface area contributed by atoms with E-state index in [-0.39, 0.29) is 0 Å². The van der Waals surface area contributed by atoms with E-state index >= 15 is 0 Å². The highest BCUT2D eigenvalue weighted by molar-refractivity contribution is 5.60. The van der Waals surface area contributed by atoms with Crippen molar-refractivity contribution in [3.05, 3.63) is 6.42 Å². The van der Waals surface area contributed by atoms with Gasteiger partial charge in [0.25, 0.3) is 0 Å².